The van der Waals surface area contributed by atoms with Crippen molar-refractivity contribution in [2.24, 2.45) is 0 Å². The van der Waals surface area contributed by atoms with E-state index in [-0.39, 0.29) is 12.2 Å². The normalized spacial score (nSPS) is 16.4. The van der Waals surface area contributed by atoms with Crippen LogP contribution in [-0.4, -0.2) is 25.3 Å². The number of carboxylic acids is 1. The number of ether oxygens (including phenoxy) is 2. The van der Waals surface area contributed by atoms with Gasteiger partial charge in [-0.3, -0.25) is 4.79 Å². The molecule has 21 heavy (non-hydrogen) atoms. The number of halogens is 3. The standard InChI is InChI=1S/C14H15F3O4/c1-20-11-8(13(5-6-13)7-10(18)19)3-4-9(12(11)21-2)14(15,16)17/h3-4H,5-7H2,1-2H3,(H,18,19). The highest BCUT2D eigenvalue weighted by Gasteiger charge is 2.49. The molecule has 1 fully saturated rings. The van der Waals surface area contributed by atoms with Gasteiger partial charge in [0.25, 0.3) is 0 Å². The smallest absolute Gasteiger partial charge is 0.420 e. The lowest BCUT2D eigenvalue weighted by Crippen LogP contribution is -2.16. The molecule has 1 aromatic carbocycles. The van der Waals surface area contributed by atoms with Crippen LogP contribution in [-0.2, 0) is 16.4 Å². The lowest BCUT2D eigenvalue weighted by Gasteiger charge is -2.22. The van der Waals surface area contributed by atoms with E-state index in [2.05, 4.69) is 0 Å². The lowest BCUT2D eigenvalue weighted by atomic mass is 9.90. The first-order chi connectivity index (χ1) is 9.75. The molecular weight excluding hydrogens is 289 g/mol. The second-order valence-corrected chi connectivity index (χ2v) is 5.08. The molecule has 1 saturated carbocycles. The zero-order valence-electron chi connectivity index (χ0n) is 11.6. The summed E-state index contributed by atoms with van der Waals surface area (Å²) in [6, 6.07) is 2.21. The van der Waals surface area contributed by atoms with Crippen molar-refractivity contribution in [3.63, 3.8) is 0 Å². The first-order valence-corrected chi connectivity index (χ1v) is 6.29. The van der Waals surface area contributed by atoms with Gasteiger partial charge < -0.3 is 14.6 Å². The topological polar surface area (TPSA) is 55.8 Å². The van der Waals surface area contributed by atoms with Gasteiger partial charge in [-0.1, -0.05) is 6.07 Å². The van der Waals surface area contributed by atoms with Crippen LogP contribution >= 0.6 is 0 Å². The van der Waals surface area contributed by atoms with Crippen LogP contribution in [0.5, 0.6) is 11.5 Å². The largest absolute Gasteiger partial charge is 0.493 e. The number of carboxylic acid groups (broad SMARTS) is 1. The maximum atomic E-state index is 13.0. The third-order valence-corrected chi connectivity index (χ3v) is 3.74. The predicted octanol–water partition coefficient (Wildman–Crippen LogP) is 3.23. The summed E-state index contributed by atoms with van der Waals surface area (Å²) >= 11 is 0. The van der Waals surface area contributed by atoms with Gasteiger partial charge in [0.15, 0.2) is 11.5 Å². The molecule has 2 rings (SSSR count). The van der Waals surface area contributed by atoms with Gasteiger partial charge in [-0.05, 0) is 18.9 Å². The molecule has 0 aromatic heterocycles. The maximum Gasteiger partial charge on any atom is 0.420 e. The molecule has 1 aliphatic carbocycles. The minimum absolute atomic E-state index is 0.0360. The summed E-state index contributed by atoms with van der Waals surface area (Å²) in [5.41, 5.74) is -1.14. The summed E-state index contributed by atoms with van der Waals surface area (Å²) in [6.45, 7) is 0. The van der Waals surface area contributed by atoms with Crippen molar-refractivity contribution in [1.29, 1.82) is 0 Å². The van der Waals surface area contributed by atoms with Crippen molar-refractivity contribution < 1.29 is 32.5 Å². The number of hydrogen-bond donors (Lipinski definition) is 1. The number of methoxy groups -OCH3 is 2. The fraction of sp³-hybridized carbons (Fsp3) is 0.500. The Balaban J connectivity index is 2.57. The number of benzene rings is 1. The maximum absolute atomic E-state index is 13.0. The van der Waals surface area contributed by atoms with Gasteiger partial charge >= 0.3 is 12.1 Å². The van der Waals surface area contributed by atoms with Crippen LogP contribution in [0.3, 0.4) is 0 Å². The number of aliphatic carboxylic acids is 1. The SMILES string of the molecule is COc1c(C(F)(F)F)ccc(C2(CC(=O)O)CC2)c1OC. The van der Waals surface area contributed by atoms with E-state index in [0.29, 0.717) is 18.4 Å². The van der Waals surface area contributed by atoms with Crippen molar-refractivity contribution in [3.05, 3.63) is 23.3 Å². The second kappa shape index (κ2) is 5.13. The summed E-state index contributed by atoms with van der Waals surface area (Å²) in [6.07, 6.45) is -3.51. The third-order valence-electron chi connectivity index (χ3n) is 3.74. The van der Waals surface area contributed by atoms with Crippen molar-refractivity contribution in [1.82, 2.24) is 0 Å². The van der Waals surface area contributed by atoms with Gasteiger partial charge in [0.2, 0.25) is 0 Å². The molecule has 1 N–H and O–H groups in total. The number of hydrogen-bond acceptors (Lipinski definition) is 3. The molecule has 1 aromatic rings. The van der Waals surface area contributed by atoms with Crippen LogP contribution in [0, 0.1) is 0 Å². The Hall–Kier alpha value is -1.92. The summed E-state index contributed by atoms with van der Waals surface area (Å²) in [4.78, 5) is 11.0. The van der Waals surface area contributed by atoms with Crippen LogP contribution in [0.15, 0.2) is 12.1 Å². The van der Waals surface area contributed by atoms with Gasteiger partial charge in [-0.2, -0.15) is 13.2 Å². The highest BCUT2D eigenvalue weighted by atomic mass is 19.4. The molecule has 0 aliphatic heterocycles. The van der Waals surface area contributed by atoms with E-state index >= 15 is 0 Å². The number of alkyl halides is 3. The highest BCUT2D eigenvalue weighted by Crippen LogP contribution is 2.57. The summed E-state index contributed by atoms with van der Waals surface area (Å²) < 4.78 is 48.9. The molecule has 0 atom stereocenters. The van der Waals surface area contributed by atoms with E-state index in [1.54, 1.807) is 0 Å². The molecule has 116 valence electrons. The summed E-state index contributed by atoms with van der Waals surface area (Å²) in [5, 5.41) is 8.97. The van der Waals surface area contributed by atoms with Gasteiger partial charge in [0.1, 0.15) is 5.56 Å². The van der Waals surface area contributed by atoms with Gasteiger partial charge in [-0.25, -0.2) is 0 Å². The minimum Gasteiger partial charge on any atom is -0.493 e. The molecule has 0 unspecified atom stereocenters. The molecule has 4 nitrogen and oxygen atoms in total. The monoisotopic (exact) mass is 304 g/mol. The van der Waals surface area contributed by atoms with E-state index in [1.165, 1.54) is 13.2 Å². The van der Waals surface area contributed by atoms with E-state index in [0.717, 1.165) is 13.2 Å². The summed E-state index contributed by atoms with van der Waals surface area (Å²) in [5.74, 6) is -1.43. The molecule has 0 saturated heterocycles. The van der Waals surface area contributed by atoms with Crippen LogP contribution in [0.4, 0.5) is 13.2 Å². The first-order valence-electron chi connectivity index (χ1n) is 6.29. The third kappa shape index (κ3) is 2.77. The fourth-order valence-electron chi connectivity index (χ4n) is 2.59. The molecule has 0 radical (unpaired) electrons. The van der Waals surface area contributed by atoms with E-state index in [9.17, 15) is 18.0 Å². The van der Waals surface area contributed by atoms with Crippen molar-refractivity contribution in [2.75, 3.05) is 14.2 Å². The average molecular weight is 304 g/mol. The molecule has 1 aliphatic rings. The Morgan fingerprint density at radius 2 is 1.81 bits per heavy atom. The van der Waals surface area contributed by atoms with Crippen molar-refractivity contribution >= 4 is 5.97 Å². The minimum atomic E-state index is -4.57. The molecular formula is C14H15F3O4. The Labute approximate surface area is 119 Å². The Bertz CT molecular complexity index is 562. The van der Waals surface area contributed by atoms with Gasteiger partial charge in [-0.15, -0.1) is 0 Å². The molecule has 0 amide bonds. The van der Waals surface area contributed by atoms with Crippen LogP contribution in [0.25, 0.3) is 0 Å². The predicted molar refractivity (Wildman–Crippen MR) is 67.7 cm³/mol. The van der Waals surface area contributed by atoms with E-state index in [4.69, 9.17) is 14.6 Å². The Kier molecular flexibility index (Phi) is 3.78. The molecule has 0 bridgehead atoms. The zero-order valence-corrected chi connectivity index (χ0v) is 11.6. The number of carbonyl (C=O) groups is 1. The van der Waals surface area contributed by atoms with Crippen molar-refractivity contribution in [2.45, 2.75) is 30.9 Å². The van der Waals surface area contributed by atoms with Crippen LogP contribution < -0.4 is 9.47 Å². The van der Waals surface area contributed by atoms with Crippen LogP contribution in [0.2, 0.25) is 0 Å². The van der Waals surface area contributed by atoms with Gasteiger partial charge in [0.05, 0.1) is 20.6 Å². The van der Waals surface area contributed by atoms with Gasteiger partial charge in [0, 0.05) is 11.0 Å². The lowest BCUT2D eigenvalue weighted by molar-refractivity contribution is -0.139. The van der Waals surface area contributed by atoms with E-state index in [1.807, 2.05) is 0 Å². The Morgan fingerprint density at radius 1 is 1.24 bits per heavy atom. The fourth-order valence-corrected chi connectivity index (χ4v) is 2.59. The van der Waals surface area contributed by atoms with E-state index < -0.39 is 28.9 Å². The first kappa shape index (κ1) is 15.5. The summed E-state index contributed by atoms with van der Waals surface area (Å²) in [7, 11) is 2.38. The molecule has 7 heteroatoms. The average Bonchev–Trinajstić information content (AvgIpc) is 3.15. The zero-order chi connectivity index (χ0) is 15.8. The Morgan fingerprint density at radius 3 is 2.19 bits per heavy atom. The van der Waals surface area contributed by atoms with Crippen molar-refractivity contribution in [3.8, 4) is 11.5 Å². The highest BCUT2D eigenvalue weighted by molar-refractivity contribution is 5.71. The quantitative estimate of drug-likeness (QED) is 0.907. The second-order valence-electron chi connectivity index (χ2n) is 5.08. The molecule has 0 heterocycles. The van der Waals surface area contributed by atoms with Crippen LogP contribution in [0.1, 0.15) is 30.4 Å². The molecule has 0 spiro atoms. The number of rotatable bonds is 5.